The van der Waals surface area contributed by atoms with Gasteiger partial charge in [-0.2, -0.15) is 4.39 Å². The zero-order chi connectivity index (χ0) is 16.0. The van der Waals surface area contributed by atoms with Crippen molar-refractivity contribution in [2.75, 3.05) is 14.2 Å². The quantitative estimate of drug-likeness (QED) is 0.785. The summed E-state index contributed by atoms with van der Waals surface area (Å²) in [6, 6.07) is 3.22. The maximum atomic E-state index is 12.5. The summed E-state index contributed by atoms with van der Waals surface area (Å²) in [5.74, 6) is -0.719. The third kappa shape index (κ3) is 4.64. The Morgan fingerprint density at radius 2 is 1.62 bits per heavy atom. The molecule has 0 unspecified atom stereocenters. The number of aryl methyl sites for hydroxylation is 2. The van der Waals surface area contributed by atoms with E-state index in [0.717, 1.165) is 16.9 Å². The Balaban J connectivity index is 0.000000211. The molecule has 0 saturated heterocycles. The Kier molecular flexibility index (Phi) is 6.51. The lowest BCUT2D eigenvalue weighted by Gasteiger charge is -1.94. The number of carbonyl (C=O) groups is 2. The lowest BCUT2D eigenvalue weighted by atomic mass is 10.3. The summed E-state index contributed by atoms with van der Waals surface area (Å²) < 4.78 is 21.5. The van der Waals surface area contributed by atoms with Crippen molar-refractivity contribution in [1.82, 2.24) is 0 Å². The van der Waals surface area contributed by atoms with Crippen LogP contribution in [0.5, 0.6) is 0 Å². The molecule has 0 atom stereocenters. The van der Waals surface area contributed by atoms with E-state index < -0.39 is 5.97 Å². The van der Waals surface area contributed by atoms with Crippen molar-refractivity contribution in [3.8, 4) is 0 Å². The molecule has 0 radical (unpaired) electrons. The molecule has 4 nitrogen and oxygen atoms in total. The second-order valence-corrected chi connectivity index (χ2v) is 5.90. The molecule has 2 rings (SSSR count). The van der Waals surface area contributed by atoms with Gasteiger partial charge in [-0.1, -0.05) is 11.3 Å². The van der Waals surface area contributed by atoms with E-state index in [9.17, 15) is 14.0 Å². The summed E-state index contributed by atoms with van der Waals surface area (Å²) in [6.45, 7) is 3.56. The highest BCUT2D eigenvalue weighted by molar-refractivity contribution is 7.12. The summed E-state index contributed by atoms with van der Waals surface area (Å²) in [5, 5.41) is 1.52. The standard InChI is InChI=1S/C7H7FO2S.C7H8O2S/c1-4-3-5(8)11-6(4)7(9)10-2;1-5-3-4-10-6(5)7(8)9-2/h3H,1-2H3;3-4H,1-2H3. The average Bonchev–Trinajstić information content (AvgIpc) is 3.03. The Morgan fingerprint density at radius 3 is 2.00 bits per heavy atom. The van der Waals surface area contributed by atoms with Gasteiger partial charge in [0.25, 0.3) is 0 Å². The number of carbonyl (C=O) groups excluding carboxylic acids is 2. The van der Waals surface area contributed by atoms with Gasteiger partial charge in [-0.25, -0.2) is 9.59 Å². The van der Waals surface area contributed by atoms with Crippen LogP contribution >= 0.6 is 22.7 Å². The Morgan fingerprint density at radius 1 is 1.05 bits per heavy atom. The molecular weight excluding hydrogens is 315 g/mol. The molecule has 0 saturated carbocycles. The molecular formula is C14H15FO4S2. The van der Waals surface area contributed by atoms with Gasteiger partial charge >= 0.3 is 11.9 Å². The van der Waals surface area contributed by atoms with Gasteiger partial charge in [-0.3, -0.25) is 0 Å². The normalized spacial score (nSPS) is 9.57. The molecule has 0 aliphatic rings. The molecule has 114 valence electrons. The lowest BCUT2D eigenvalue weighted by Crippen LogP contribution is -1.99. The molecule has 2 aromatic heterocycles. The van der Waals surface area contributed by atoms with Gasteiger partial charge in [-0.05, 0) is 42.5 Å². The van der Waals surface area contributed by atoms with Crippen molar-refractivity contribution >= 4 is 34.6 Å². The fourth-order valence-electron chi connectivity index (χ4n) is 1.41. The maximum Gasteiger partial charge on any atom is 0.348 e. The van der Waals surface area contributed by atoms with Crippen LogP contribution in [0.2, 0.25) is 0 Å². The summed E-state index contributed by atoms with van der Waals surface area (Å²) >= 11 is 2.21. The van der Waals surface area contributed by atoms with Crippen molar-refractivity contribution in [3.63, 3.8) is 0 Å². The number of hydrogen-bond donors (Lipinski definition) is 0. The van der Waals surface area contributed by atoms with Gasteiger partial charge in [0.1, 0.15) is 9.75 Å². The minimum absolute atomic E-state index is 0.243. The summed E-state index contributed by atoms with van der Waals surface area (Å²) in [5.41, 5.74) is 1.61. The molecule has 0 aliphatic heterocycles. The lowest BCUT2D eigenvalue weighted by molar-refractivity contribution is 0.0596. The monoisotopic (exact) mass is 330 g/mol. The first-order valence-corrected chi connectivity index (χ1v) is 7.57. The fourth-order valence-corrected chi connectivity index (χ4v) is 3.07. The number of methoxy groups -OCH3 is 2. The van der Waals surface area contributed by atoms with E-state index in [0.29, 0.717) is 15.3 Å². The minimum atomic E-state index is -0.476. The van der Waals surface area contributed by atoms with E-state index in [1.54, 1.807) is 6.92 Å². The van der Waals surface area contributed by atoms with Crippen molar-refractivity contribution in [2.24, 2.45) is 0 Å². The molecule has 7 heteroatoms. The number of halogens is 1. The Bertz CT molecular complexity index is 631. The van der Waals surface area contributed by atoms with Gasteiger partial charge in [0.2, 0.25) is 0 Å². The van der Waals surface area contributed by atoms with Crippen LogP contribution in [0.15, 0.2) is 17.5 Å². The van der Waals surface area contributed by atoms with E-state index in [1.165, 1.54) is 31.6 Å². The zero-order valence-corrected chi connectivity index (χ0v) is 13.7. The number of esters is 2. The second-order valence-electron chi connectivity index (χ2n) is 3.98. The molecule has 2 heterocycles. The van der Waals surface area contributed by atoms with Crippen LogP contribution < -0.4 is 0 Å². The summed E-state index contributed by atoms with van der Waals surface area (Å²) in [6.07, 6.45) is 0. The largest absolute Gasteiger partial charge is 0.465 e. The van der Waals surface area contributed by atoms with E-state index in [4.69, 9.17) is 0 Å². The number of ether oxygens (including phenoxy) is 2. The van der Waals surface area contributed by atoms with Crippen LogP contribution in [0.25, 0.3) is 0 Å². The smallest absolute Gasteiger partial charge is 0.348 e. The minimum Gasteiger partial charge on any atom is -0.465 e. The molecule has 21 heavy (non-hydrogen) atoms. The van der Waals surface area contributed by atoms with Crippen LogP contribution in [0.1, 0.15) is 30.5 Å². The van der Waals surface area contributed by atoms with Crippen LogP contribution in [-0.4, -0.2) is 26.2 Å². The van der Waals surface area contributed by atoms with Crippen LogP contribution in [-0.2, 0) is 9.47 Å². The first kappa shape index (κ1) is 17.3. The van der Waals surface area contributed by atoms with Crippen LogP contribution in [0.4, 0.5) is 4.39 Å². The van der Waals surface area contributed by atoms with E-state index in [2.05, 4.69) is 9.47 Å². The number of rotatable bonds is 2. The predicted octanol–water partition coefficient (Wildman–Crippen LogP) is 3.83. The van der Waals surface area contributed by atoms with Crippen molar-refractivity contribution in [1.29, 1.82) is 0 Å². The third-order valence-corrected chi connectivity index (χ3v) is 4.49. The van der Waals surface area contributed by atoms with Crippen molar-refractivity contribution < 1.29 is 23.5 Å². The van der Waals surface area contributed by atoms with Gasteiger partial charge in [0, 0.05) is 0 Å². The van der Waals surface area contributed by atoms with E-state index in [-0.39, 0.29) is 11.1 Å². The van der Waals surface area contributed by atoms with E-state index in [1.807, 2.05) is 18.4 Å². The first-order valence-electron chi connectivity index (χ1n) is 5.87. The number of thiophene rings is 2. The molecule has 0 N–H and O–H groups in total. The predicted molar refractivity (Wildman–Crippen MR) is 80.7 cm³/mol. The fraction of sp³-hybridized carbons (Fsp3) is 0.286. The Hall–Kier alpha value is -1.73. The maximum absolute atomic E-state index is 12.5. The molecule has 0 spiro atoms. The zero-order valence-electron chi connectivity index (χ0n) is 12.1. The molecule has 0 aromatic carbocycles. The van der Waals surface area contributed by atoms with E-state index >= 15 is 0 Å². The summed E-state index contributed by atoms with van der Waals surface area (Å²) in [7, 11) is 2.67. The van der Waals surface area contributed by atoms with Crippen molar-refractivity contribution in [3.05, 3.63) is 43.5 Å². The molecule has 0 amide bonds. The Labute approximate surface area is 130 Å². The third-order valence-electron chi connectivity index (χ3n) is 2.49. The van der Waals surface area contributed by atoms with Gasteiger partial charge in [0.05, 0.1) is 14.2 Å². The molecule has 0 fully saturated rings. The highest BCUT2D eigenvalue weighted by Crippen LogP contribution is 2.20. The first-order chi connectivity index (χ1) is 9.90. The van der Waals surface area contributed by atoms with Crippen molar-refractivity contribution in [2.45, 2.75) is 13.8 Å². The summed E-state index contributed by atoms with van der Waals surface area (Å²) in [4.78, 5) is 22.8. The molecule has 0 bridgehead atoms. The highest BCUT2D eigenvalue weighted by atomic mass is 32.1. The second kappa shape index (κ2) is 7.90. The van der Waals surface area contributed by atoms with Gasteiger partial charge < -0.3 is 9.47 Å². The van der Waals surface area contributed by atoms with Gasteiger partial charge in [-0.15, -0.1) is 11.3 Å². The van der Waals surface area contributed by atoms with Gasteiger partial charge in [0.15, 0.2) is 5.13 Å². The van der Waals surface area contributed by atoms with Crippen LogP contribution in [0, 0.1) is 19.0 Å². The average molecular weight is 330 g/mol. The SMILES string of the molecule is COC(=O)c1sc(F)cc1C.COC(=O)c1sccc1C. The highest BCUT2D eigenvalue weighted by Gasteiger charge is 2.13. The van der Waals surface area contributed by atoms with Crippen LogP contribution in [0.3, 0.4) is 0 Å². The molecule has 0 aliphatic carbocycles. The topological polar surface area (TPSA) is 52.6 Å². The number of hydrogen-bond acceptors (Lipinski definition) is 6. The molecule has 2 aromatic rings.